The van der Waals surface area contributed by atoms with Crippen molar-refractivity contribution in [1.29, 1.82) is 0 Å². The first-order chi connectivity index (χ1) is 23.3. The predicted octanol–water partition coefficient (Wildman–Crippen LogP) is 11.0. The first-order valence-corrected chi connectivity index (χ1v) is 16.6. The van der Waals surface area contributed by atoms with Crippen LogP contribution in [-0.4, -0.2) is 15.0 Å². The molecule has 224 valence electrons. The van der Waals surface area contributed by atoms with E-state index in [-0.39, 0.29) is 5.41 Å². The van der Waals surface area contributed by atoms with E-state index < -0.39 is 0 Å². The molecule has 2 aliphatic rings. The van der Waals surface area contributed by atoms with Crippen LogP contribution in [0, 0.1) is 0 Å². The highest BCUT2D eigenvalue weighted by Gasteiger charge is 2.45. The maximum atomic E-state index is 5.08. The largest absolute Gasteiger partial charge is 0.208 e. The van der Waals surface area contributed by atoms with Gasteiger partial charge >= 0.3 is 0 Å². The lowest BCUT2D eigenvalue weighted by Gasteiger charge is -2.27. The normalized spacial score (nSPS) is 14.2. The van der Waals surface area contributed by atoms with Gasteiger partial charge in [0.2, 0.25) is 0 Å². The van der Waals surface area contributed by atoms with Crippen molar-refractivity contribution >= 4 is 0 Å². The van der Waals surface area contributed by atoms with Gasteiger partial charge in [0.1, 0.15) is 0 Å². The average Bonchev–Trinajstić information content (AvgIpc) is 3.76. The van der Waals surface area contributed by atoms with Crippen LogP contribution in [0.3, 0.4) is 0 Å². The lowest BCUT2D eigenvalue weighted by atomic mass is 9.75. The van der Waals surface area contributed by atoms with Gasteiger partial charge in [-0.05, 0) is 69.5 Å². The van der Waals surface area contributed by atoms with E-state index in [0.29, 0.717) is 17.5 Å². The summed E-state index contributed by atoms with van der Waals surface area (Å²) >= 11 is 0. The molecule has 1 aromatic heterocycles. The summed E-state index contributed by atoms with van der Waals surface area (Å²) in [5, 5.41) is 0. The summed E-state index contributed by atoms with van der Waals surface area (Å²) < 4.78 is 0. The highest BCUT2D eigenvalue weighted by Crippen LogP contribution is 2.58. The molecule has 1 fully saturated rings. The first kappa shape index (κ1) is 27.6. The van der Waals surface area contributed by atoms with E-state index >= 15 is 0 Å². The molecular formula is C44H33N3. The van der Waals surface area contributed by atoms with Crippen LogP contribution in [0.5, 0.6) is 0 Å². The molecule has 1 spiro atoms. The molecule has 0 N–H and O–H groups in total. The maximum absolute atomic E-state index is 5.08. The second-order valence-corrected chi connectivity index (χ2v) is 12.8. The number of rotatable bonds is 5. The number of fused-ring (bicyclic) bond motifs is 5. The van der Waals surface area contributed by atoms with Gasteiger partial charge in [-0.25, -0.2) is 15.0 Å². The quantitative estimate of drug-likeness (QED) is 0.196. The van der Waals surface area contributed by atoms with Crippen LogP contribution in [0.25, 0.3) is 67.5 Å². The zero-order chi connectivity index (χ0) is 31.2. The third kappa shape index (κ3) is 4.70. The Balaban J connectivity index is 1.19. The van der Waals surface area contributed by atoms with Gasteiger partial charge in [0.05, 0.1) is 0 Å². The minimum Gasteiger partial charge on any atom is -0.208 e. The van der Waals surface area contributed by atoms with Crippen molar-refractivity contribution < 1.29 is 0 Å². The molecular weight excluding hydrogens is 571 g/mol. The van der Waals surface area contributed by atoms with Crippen molar-refractivity contribution in [2.75, 3.05) is 0 Å². The van der Waals surface area contributed by atoms with E-state index in [2.05, 4.69) is 115 Å². The predicted molar refractivity (Wildman–Crippen MR) is 192 cm³/mol. The summed E-state index contributed by atoms with van der Waals surface area (Å²) in [5.74, 6) is 2.03. The van der Waals surface area contributed by atoms with Gasteiger partial charge in [-0.3, -0.25) is 0 Å². The van der Waals surface area contributed by atoms with Crippen molar-refractivity contribution in [3.63, 3.8) is 0 Å². The average molecular weight is 604 g/mol. The van der Waals surface area contributed by atoms with Crippen molar-refractivity contribution in [2.45, 2.75) is 31.1 Å². The second kappa shape index (κ2) is 11.3. The SMILES string of the molecule is c1ccc(-c2ccc3c(c2)C2(CCCC2)c2cc(-c4ccccc4-c4nc(-c5ccccc5)nc(-c5ccccc5)n4)ccc2-3)cc1. The van der Waals surface area contributed by atoms with Crippen LogP contribution in [-0.2, 0) is 5.41 Å². The zero-order valence-corrected chi connectivity index (χ0v) is 26.1. The Morgan fingerprint density at radius 2 is 0.787 bits per heavy atom. The Labute approximate surface area is 275 Å². The number of benzene rings is 6. The molecule has 0 saturated heterocycles. The molecule has 0 aliphatic heterocycles. The van der Waals surface area contributed by atoms with Crippen molar-refractivity contribution in [1.82, 2.24) is 15.0 Å². The molecule has 1 heterocycles. The van der Waals surface area contributed by atoms with E-state index in [0.717, 1.165) is 22.3 Å². The fourth-order valence-corrected chi connectivity index (χ4v) is 7.85. The fraction of sp³-hybridized carbons (Fsp3) is 0.114. The third-order valence-electron chi connectivity index (χ3n) is 10.1. The Kier molecular flexibility index (Phi) is 6.64. The van der Waals surface area contributed by atoms with Gasteiger partial charge in [-0.15, -0.1) is 0 Å². The van der Waals surface area contributed by atoms with Gasteiger partial charge in [-0.1, -0.05) is 152 Å². The molecule has 0 amide bonds. The summed E-state index contributed by atoms with van der Waals surface area (Å²) in [6.45, 7) is 0. The highest BCUT2D eigenvalue weighted by atomic mass is 15.0. The number of hydrogen-bond donors (Lipinski definition) is 0. The van der Waals surface area contributed by atoms with E-state index in [1.807, 2.05) is 36.4 Å². The van der Waals surface area contributed by atoms with Crippen LogP contribution < -0.4 is 0 Å². The molecule has 3 heteroatoms. The van der Waals surface area contributed by atoms with E-state index in [4.69, 9.17) is 15.0 Å². The molecule has 7 aromatic rings. The molecule has 0 atom stereocenters. The Bertz CT molecular complexity index is 2180. The molecule has 0 bridgehead atoms. The highest BCUT2D eigenvalue weighted by molar-refractivity contribution is 5.89. The Hall–Kier alpha value is -5.67. The number of aromatic nitrogens is 3. The van der Waals surface area contributed by atoms with Crippen LogP contribution in [0.1, 0.15) is 36.8 Å². The summed E-state index contributed by atoms with van der Waals surface area (Å²) in [6.07, 6.45) is 4.88. The van der Waals surface area contributed by atoms with E-state index in [1.54, 1.807) is 0 Å². The smallest absolute Gasteiger partial charge is 0.164 e. The molecule has 0 unspecified atom stereocenters. The molecule has 9 rings (SSSR count). The molecule has 1 saturated carbocycles. The van der Waals surface area contributed by atoms with E-state index in [9.17, 15) is 0 Å². The van der Waals surface area contributed by atoms with Gasteiger partial charge in [0.25, 0.3) is 0 Å². The standard InChI is InChI=1S/C44H33N3/c1-4-14-30(15-5-1)33-22-24-36-37-25-23-34(29-40(37)44(39(36)28-33)26-12-13-27-44)35-20-10-11-21-38(35)43-46-41(31-16-6-2-7-17-31)45-42(47-43)32-18-8-3-9-19-32/h1-11,14-25,28-29H,12-13,26-27H2. The topological polar surface area (TPSA) is 38.7 Å². The maximum Gasteiger partial charge on any atom is 0.164 e. The molecule has 0 radical (unpaired) electrons. The van der Waals surface area contributed by atoms with Gasteiger partial charge in [0.15, 0.2) is 17.5 Å². The monoisotopic (exact) mass is 603 g/mol. The van der Waals surface area contributed by atoms with Crippen molar-refractivity contribution in [2.24, 2.45) is 0 Å². The zero-order valence-electron chi connectivity index (χ0n) is 26.1. The third-order valence-corrected chi connectivity index (χ3v) is 10.1. The molecule has 3 nitrogen and oxygen atoms in total. The van der Waals surface area contributed by atoms with Crippen LogP contribution in [0.4, 0.5) is 0 Å². The second-order valence-electron chi connectivity index (χ2n) is 12.8. The Morgan fingerprint density at radius 1 is 0.340 bits per heavy atom. The number of nitrogens with zero attached hydrogens (tertiary/aromatic N) is 3. The van der Waals surface area contributed by atoms with E-state index in [1.165, 1.54) is 64.6 Å². The minimum atomic E-state index is 0.0501. The van der Waals surface area contributed by atoms with Gasteiger partial charge in [0, 0.05) is 22.1 Å². The first-order valence-electron chi connectivity index (χ1n) is 16.6. The summed E-state index contributed by atoms with van der Waals surface area (Å²) in [4.78, 5) is 15.1. The van der Waals surface area contributed by atoms with Crippen LogP contribution in [0.2, 0.25) is 0 Å². The fourth-order valence-electron chi connectivity index (χ4n) is 7.85. The molecule has 6 aromatic carbocycles. The van der Waals surface area contributed by atoms with Crippen molar-refractivity contribution in [3.05, 3.63) is 163 Å². The summed E-state index contributed by atoms with van der Waals surface area (Å²) in [5.41, 5.74) is 13.6. The lowest BCUT2D eigenvalue weighted by molar-refractivity contribution is 0.550. The van der Waals surface area contributed by atoms with Gasteiger partial charge < -0.3 is 0 Å². The van der Waals surface area contributed by atoms with Crippen molar-refractivity contribution in [3.8, 4) is 67.5 Å². The van der Waals surface area contributed by atoms with Gasteiger partial charge in [-0.2, -0.15) is 0 Å². The van der Waals surface area contributed by atoms with Crippen LogP contribution >= 0.6 is 0 Å². The number of hydrogen-bond acceptors (Lipinski definition) is 3. The molecule has 47 heavy (non-hydrogen) atoms. The molecule has 2 aliphatic carbocycles. The minimum absolute atomic E-state index is 0.0501. The Morgan fingerprint density at radius 3 is 1.36 bits per heavy atom. The summed E-state index contributed by atoms with van der Waals surface area (Å²) in [7, 11) is 0. The summed E-state index contributed by atoms with van der Waals surface area (Å²) in [6, 6.07) is 54.0. The van der Waals surface area contributed by atoms with Crippen LogP contribution in [0.15, 0.2) is 152 Å². The lowest BCUT2D eigenvalue weighted by Crippen LogP contribution is -2.20.